The van der Waals surface area contributed by atoms with Crippen LogP contribution in [0.1, 0.15) is 25.3 Å². The van der Waals surface area contributed by atoms with E-state index in [4.69, 9.17) is 4.99 Å². The Labute approximate surface area is 125 Å². The second-order valence-electron chi connectivity index (χ2n) is 6.86. The van der Waals surface area contributed by atoms with Gasteiger partial charge in [0.05, 0.1) is 16.8 Å². The highest BCUT2D eigenvalue weighted by atomic mass is 15.2. The smallest absolute Gasteiger partial charge is 0.0675 e. The molecule has 1 aliphatic carbocycles. The summed E-state index contributed by atoms with van der Waals surface area (Å²) in [5.74, 6) is 0.524. The fourth-order valence-electron chi connectivity index (χ4n) is 5.28. The second-order valence-corrected chi connectivity index (χ2v) is 6.86. The number of aliphatic imine (C=N–C) groups is 1. The number of hydrogen-bond acceptors (Lipinski definition) is 2. The molecule has 0 N–H and O–H groups in total. The topological polar surface area (TPSA) is 15.6 Å². The molecular weight excluding hydrogens is 256 g/mol. The zero-order chi connectivity index (χ0) is 14.2. The van der Waals surface area contributed by atoms with Gasteiger partial charge in [-0.25, -0.2) is 0 Å². The van der Waals surface area contributed by atoms with E-state index in [1.807, 2.05) is 0 Å². The van der Waals surface area contributed by atoms with Crippen molar-refractivity contribution in [1.29, 1.82) is 0 Å². The highest BCUT2D eigenvalue weighted by Crippen LogP contribution is 2.59. The van der Waals surface area contributed by atoms with Crippen LogP contribution in [0.4, 0.5) is 5.69 Å². The summed E-state index contributed by atoms with van der Waals surface area (Å²) >= 11 is 0. The number of rotatable bonds is 0. The van der Waals surface area contributed by atoms with Crippen LogP contribution in [0.25, 0.3) is 0 Å². The van der Waals surface area contributed by atoms with Crippen LogP contribution in [0.3, 0.4) is 0 Å². The summed E-state index contributed by atoms with van der Waals surface area (Å²) in [6.45, 7) is 8.97. The van der Waals surface area contributed by atoms with E-state index in [-0.39, 0.29) is 5.41 Å². The van der Waals surface area contributed by atoms with Crippen LogP contribution in [0.2, 0.25) is 0 Å². The molecule has 2 nitrogen and oxygen atoms in total. The van der Waals surface area contributed by atoms with Gasteiger partial charge < -0.3 is 0 Å². The molecule has 2 bridgehead atoms. The van der Waals surface area contributed by atoms with Crippen molar-refractivity contribution in [2.45, 2.75) is 31.2 Å². The second kappa shape index (κ2) is 3.75. The molecule has 3 aliphatic heterocycles. The van der Waals surface area contributed by atoms with Crippen molar-refractivity contribution in [3.05, 3.63) is 53.6 Å². The maximum Gasteiger partial charge on any atom is 0.0675 e. The Morgan fingerprint density at radius 1 is 1.38 bits per heavy atom. The Kier molecular flexibility index (Phi) is 2.13. The third-order valence-electron chi connectivity index (χ3n) is 6.23. The van der Waals surface area contributed by atoms with E-state index in [1.165, 1.54) is 41.9 Å². The average molecular weight is 276 g/mol. The first-order valence-electron chi connectivity index (χ1n) is 8.02. The van der Waals surface area contributed by atoms with Crippen LogP contribution < -0.4 is 0 Å². The molecule has 4 aliphatic rings. The highest BCUT2D eigenvalue weighted by molar-refractivity contribution is 6.14. The van der Waals surface area contributed by atoms with Gasteiger partial charge in [0, 0.05) is 25.0 Å². The maximum absolute atomic E-state index is 5.04. The molecular formula is C19H20N2. The average Bonchev–Trinajstić information content (AvgIpc) is 3.07. The van der Waals surface area contributed by atoms with Gasteiger partial charge in [-0.05, 0) is 37.0 Å². The molecule has 2 saturated heterocycles. The van der Waals surface area contributed by atoms with Crippen molar-refractivity contribution in [3.63, 3.8) is 0 Å². The first kappa shape index (κ1) is 11.9. The molecule has 3 fully saturated rings. The summed E-state index contributed by atoms with van der Waals surface area (Å²) in [6, 6.07) is 9.37. The largest absolute Gasteiger partial charge is 0.295 e. The molecule has 0 aromatic heterocycles. The molecule has 3 atom stereocenters. The molecule has 1 saturated carbocycles. The summed E-state index contributed by atoms with van der Waals surface area (Å²) in [7, 11) is 0. The Balaban J connectivity index is 1.78. The van der Waals surface area contributed by atoms with Gasteiger partial charge in [0.25, 0.3) is 0 Å². The van der Waals surface area contributed by atoms with E-state index in [0.717, 1.165) is 6.54 Å². The van der Waals surface area contributed by atoms with E-state index in [2.05, 4.69) is 48.7 Å². The summed E-state index contributed by atoms with van der Waals surface area (Å²) < 4.78 is 0. The number of hydrogen-bond donors (Lipinski definition) is 0. The SMILES string of the molecule is C=C1C2=Nc3ccccc3[C@@]23CCN2C/C(=C/C)[C@H]1C[C@H]23. The van der Waals surface area contributed by atoms with Crippen LogP contribution in [0.5, 0.6) is 0 Å². The third-order valence-corrected chi connectivity index (χ3v) is 6.23. The molecule has 0 unspecified atom stereocenters. The third kappa shape index (κ3) is 1.22. The Morgan fingerprint density at radius 3 is 3.10 bits per heavy atom. The molecule has 5 rings (SSSR count). The molecule has 3 heterocycles. The van der Waals surface area contributed by atoms with Gasteiger partial charge in [-0.2, -0.15) is 0 Å². The van der Waals surface area contributed by atoms with Crippen LogP contribution >= 0.6 is 0 Å². The van der Waals surface area contributed by atoms with Crippen LogP contribution in [-0.4, -0.2) is 29.7 Å². The van der Waals surface area contributed by atoms with E-state index in [1.54, 1.807) is 5.57 Å². The first-order valence-corrected chi connectivity index (χ1v) is 8.02. The van der Waals surface area contributed by atoms with E-state index < -0.39 is 0 Å². The van der Waals surface area contributed by atoms with Gasteiger partial charge >= 0.3 is 0 Å². The van der Waals surface area contributed by atoms with Crippen molar-refractivity contribution in [1.82, 2.24) is 4.90 Å². The molecule has 1 aromatic rings. The predicted octanol–water partition coefficient (Wildman–Crippen LogP) is 3.62. The Morgan fingerprint density at radius 2 is 2.24 bits per heavy atom. The fourth-order valence-corrected chi connectivity index (χ4v) is 5.28. The van der Waals surface area contributed by atoms with Crippen molar-refractivity contribution in [2.75, 3.05) is 13.1 Å². The number of nitrogens with zero attached hydrogens (tertiary/aromatic N) is 2. The molecule has 0 radical (unpaired) electrons. The zero-order valence-corrected chi connectivity index (χ0v) is 12.5. The maximum atomic E-state index is 5.04. The Bertz CT molecular complexity index is 727. The van der Waals surface area contributed by atoms with Crippen LogP contribution in [0, 0.1) is 5.92 Å². The van der Waals surface area contributed by atoms with E-state index in [9.17, 15) is 0 Å². The summed E-state index contributed by atoms with van der Waals surface area (Å²) in [4.78, 5) is 7.73. The van der Waals surface area contributed by atoms with E-state index in [0.29, 0.717) is 12.0 Å². The molecule has 106 valence electrons. The lowest BCUT2D eigenvalue weighted by molar-refractivity contribution is 0.179. The van der Waals surface area contributed by atoms with Gasteiger partial charge in [0.1, 0.15) is 0 Å². The van der Waals surface area contributed by atoms with Crippen molar-refractivity contribution < 1.29 is 0 Å². The van der Waals surface area contributed by atoms with Gasteiger partial charge in [-0.1, -0.05) is 36.4 Å². The number of piperidine rings is 1. The van der Waals surface area contributed by atoms with Crippen molar-refractivity contribution >= 4 is 11.4 Å². The molecule has 2 heteroatoms. The van der Waals surface area contributed by atoms with Crippen molar-refractivity contribution in [2.24, 2.45) is 10.9 Å². The predicted molar refractivity (Wildman–Crippen MR) is 86.2 cm³/mol. The Hall–Kier alpha value is -1.67. The lowest BCUT2D eigenvalue weighted by Crippen LogP contribution is -2.56. The number of allylic oxidation sites excluding steroid dienone is 2. The lowest BCUT2D eigenvalue weighted by atomic mass is 9.59. The van der Waals surface area contributed by atoms with Crippen LogP contribution in [-0.2, 0) is 5.41 Å². The summed E-state index contributed by atoms with van der Waals surface area (Å²) in [5.41, 5.74) is 6.92. The minimum Gasteiger partial charge on any atom is -0.295 e. The lowest BCUT2D eigenvalue weighted by Gasteiger charge is -2.49. The van der Waals surface area contributed by atoms with Gasteiger partial charge in [0.15, 0.2) is 0 Å². The highest BCUT2D eigenvalue weighted by Gasteiger charge is 2.61. The number of para-hydroxylation sites is 1. The minimum absolute atomic E-state index is 0.142. The van der Waals surface area contributed by atoms with E-state index >= 15 is 0 Å². The van der Waals surface area contributed by atoms with Crippen LogP contribution in [0.15, 0.2) is 53.1 Å². The summed E-state index contributed by atoms with van der Waals surface area (Å²) in [6.07, 6.45) is 4.74. The summed E-state index contributed by atoms with van der Waals surface area (Å²) in [5, 5.41) is 0. The van der Waals surface area contributed by atoms with Gasteiger partial charge in [-0.3, -0.25) is 9.89 Å². The van der Waals surface area contributed by atoms with Crippen molar-refractivity contribution in [3.8, 4) is 0 Å². The minimum atomic E-state index is 0.142. The quantitative estimate of drug-likeness (QED) is 0.661. The monoisotopic (exact) mass is 276 g/mol. The van der Waals surface area contributed by atoms with Gasteiger partial charge in [-0.15, -0.1) is 0 Å². The molecule has 0 amide bonds. The fraction of sp³-hybridized carbons (Fsp3) is 0.421. The number of benzene rings is 1. The number of fused-ring (bicyclic) bond motifs is 2. The first-order chi connectivity index (χ1) is 10.3. The normalized spacial score (nSPS) is 38.4. The van der Waals surface area contributed by atoms with Gasteiger partial charge in [0.2, 0.25) is 0 Å². The standard InChI is InChI=1S/C19H20N2/c1-3-13-11-21-9-8-19-15-6-4-5-7-16(15)20-18(19)12(2)14(13)10-17(19)21/h3-7,14,17H,2,8-11H2,1H3/b13-3-/t14-,17-,19+/m0/s1. The molecule has 1 spiro atoms. The molecule has 21 heavy (non-hydrogen) atoms. The zero-order valence-electron chi connectivity index (χ0n) is 12.5. The molecule has 1 aromatic carbocycles.